The largest absolute Gasteiger partial charge is 0.330 e. The highest BCUT2D eigenvalue weighted by atomic mass is 19.1. The lowest BCUT2D eigenvalue weighted by Gasteiger charge is -2.18. The van der Waals surface area contributed by atoms with E-state index in [1.165, 1.54) is 6.07 Å². The van der Waals surface area contributed by atoms with Gasteiger partial charge in [0, 0.05) is 18.7 Å². The molecule has 2 amide bonds. The van der Waals surface area contributed by atoms with E-state index in [0.29, 0.717) is 25.2 Å². The van der Waals surface area contributed by atoms with Gasteiger partial charge in [-0.15, -0.1) is 0 Å². The molecule has 4 nitrogen and oxygen atoms in total. The molecule has 0 spiro atoms. The van der Waals surface area contributed by atoms with Gasteiger partial charge in [-0.05, 0) is 18.5 Å². The summed E-state index contributed by atoms with van der Waals surface area (Å²) in [6.07, 6.45) is 0. The molecule has 2 unspecified atom stereocenters. The molecule has 0 aromatic heterocycles. The fraction of sp³-hybridized carbons (Fsp3) is 0.462. The molecule has 5 heteroatoms. The molecule has 2 atom stereocenters. The number of carbonyl (C=O) groups is 1. The van der Waals surface area contributed by atoms with Gasteiger partial charge < -0.3 is 16.0 Å². The number of nitrogens with two attached hydrogens (primary N) is 1. The van der Waals surface area contributed by atoms with Crippen molar-refractivity contribution < 1.29 is 9.18 Å². The second-order valence-corrected chi connectivity index (χ2v) is 4.77. The minimum Gasteiger partial charge on any atom is -0.330 e. The Bertz CT molecular complexity index is 438. The van der Waals surface area contributed by atoms with Crippen molar-refractivity contribution in [3.05, 3.63) is 35.6 Å². The van der Waals surface area contributed by atoms with Crippen molar-refractivity contribution >= 4 is 6.03 Å². The van der Waals surface area contributed by atoms with Crippen LogP contribution in [0.1, 0.15) is 18.5 Å². The highest BCUT2D eigenvalue weighted by Crippen LogP contribution is 2.23. The quantitative estimate of drug-likeness (QED) is 0.851. The molecule has 1 aliphatic heterocycles. The molecule has 98 valence electrons. The number of carbonyl (C=O) groups excluding carboxylic acids is 1. The van der Waals surface area contributed by atoms with Gasteiger partial charge in [-0.25, -0.2) is 9.18 Å². The highest BCUT2D eigenvalue weighted by Gasteiger charge is 2.31. The number of amides is 2. The number of rotatable bonds is 4. The summed E-state index contributed by atoms with van der Waals surface area (Å²) in [6, 6.07) is 6.11. The molecule has 1 aromatic carbocycles. The minimum absolute atomic E-state index is 0.149. The van der Waals surface area contributed by atoms with Crippen LogP contribution in [-0.2, 0) is 0 Å². The zero-order valence-corrected chi connectivity index (χ0v) is 10.4. The zero-order valence-electron chi connectivity index (χ0n) is 10.4. The third kappa shape index (κ3) is 2.61. The summed E-state index contributed by atoms with van der Waals surface area (Å²) in [7, 11) is 0. The first-order chi connectivity index (χ1) is 8.61. The fourth-order valence-corrected chi connectivity index (χ4v) is 2.13. The summed E-state index contributed by atoms with van der Waals surface area (Å²) >= 11 is 0. The molecule has 1 heterocycles. The van der Waals surface area contributed by atoms with E-state index in [9.17, 15) is 9.18 Å². The number of nitrogens with one attached hydrogen (secondary N) is 1. The average Bonchev–Trinajstić information content (AvgIpc) is 2.71. The van der Waals surface area contributed by atoms with Gasteiger partial charge in [0.05, 0.1) is 6.04 Å². The standard InChI is InChI=1S/C13H18FN3O/c1-9(6-15)7-17-8-12(16-13(17)18)10-4-2-3-5-11(10)14/h2-5,9,12H,6-8,15H2,1H3,(H,16,18). The molecule has 1 saturated heterocycles. The number of hydrogen-bond donors (Lipinski definition) is 2. The van der Waals surface area contributed by atoms with E-state index in [2.05, 4.69) is 5.32 Å². The first-order valence-electron chi connectivity index (χ1n) is 6.11. The Kier molecular flexibility index (Phi) is 3.81. The molecule has 0 bridgehead atoms. The van der Waals surface area contributed by atoms with E-state index in [0.717, 1.165) is 0 Å². The monoisotopic (exact) mass is 251 g/mol. The molecule has 18 heavy (non-hydrogen) atoms. The van der Waals surface area contributed by atoms with Crippen molar-refractivity contribution in [2.24, 2.45) is 11.7 Å². The molecule has 3 N–H and O–H groups in total. The van der Waals surface area contributed by atoms with Gasteiger partial charge in [0.25, 0.3) is 0 Å². The Morgan fingerprint density at radius 1 is 1.56 bits per heavy atom. The lowest BCUT2D eigenvalue weighted by Crippen LogP contribution is -2.34. The number of urea groups is 1. The summed E-state index contributed by atoms with van der Waals surface area (Å²) in [4.78, 5) is 13.5. The summed E-state index contributed by atoms with van der Waals surface area (Å²) in [6.45, 7) is 3.62. The Hall–Kier alpha value is -1.62. The van der Waals surface area contributed by atoms with Gasteiger partial charge in [0.1, 0.15) is 5.82 Å². The van der Waals surface area contributed by atoms with Crippen molar-refractivity contribution in [2.75, 3.05) is 19.6 Å². The van der Waals surface area contributed by atoms with Gasteiger partial charge in [0.15, 0.2) is 0 Å². The topological polar surface area (TPSA) is 58.4 Å². The van der Waals surface area contributed by atoms with E-state index < -0.39 is 0 Å². The summed E-state index contributed by atoms with van der Waals surface area (Å²) in [5, 5.41) is 2.80. The van der Waals surface area contributed by atoms with Crippen molar-refractivity contribution in [3.63, 3.8) is 0 Å². The van der Waals surface area contributed by atoms with Gasteiger partial charge in [-0.1, -0.05) is 25.1 Å². The second-order valence-electron chi connectivity index (χ2n) is 4.77. The first-order valence-corrected chi connectivity index (χ1v) is 6.11. The maximum absolute atomic E-state index is 13.6. The van der Waals surface area contributed by atoms with Crippen LogP contribution in [0.3, 0.4) is 0 Å². The predicted octanol–water partition coefficient (Wildman–Crippen LogP) is 1.49. The summed E-state index contributed by atoms with van der Waals surface area (Å²) < 4.78 is 13.6. The van der Waals surface area contributed by atoms with E-state index in [4.69, 9.17) is 5.73 Å². The maximum atomic E-state index is 13.6. The van der Waals surface area contributed by atoms with Gasteiger partial charge >= 0.3 is 6.03 Å². The zero-order chi connectivity index (χ0) is 13.1. The molecular formula is C13H18FN3O. The molecule has 0 saturated carbocycles. The lowest BCUT2D eigenvalue weighted by atomic mass is 10.1. The van der Waals surface area contributed by atoms with Gasteiger partial charge in [-0.3, -0.25) is 0 Å². The van der Waals surface area contributed by atoms with E-state index in [1.54, 1.807) is 23.1 Å². The number of halogens is 1. The van der Waals surface area contributed by atoms with Crippen LogP contribution in [0.4, 0.5) is 9.18 Å². The third-order valence-corrected chi connectivity index (χ3v) is 3.20. The molecule has 0 radical (unpaired) electrons. The van der Waals surface area contributed by atoms with E-state index >= 15 is 0 Å². The van der Waals surface area contributed by atoms with Crippen LogP contribution in [0.15, 0.2) is 24.3 Å². The van der Waals surface area contributed by atoms with Crippen LogP contribution >= 0.6 is 0 Å². The Morgan fingerprint density at radius 3 is 2.94 bits per heavy atom. The number of hydrogen-bond acceptors (Lipinski definition) is 2. The molecule has 0 aliphatic carbocycles. The average molecular weight is 251 g/mol. The van der Waals surface area contributed by atoms with E-state index in [1.807, 2.05) is 6.92 Å². The van der Waals surface area contributed by atoms with E-state index in [-0.39, 0.29) is 23.8 Å². The van der Waals surface area contributed by atoms with Crippen LogP contribution in [0.5, 0.6) is 0 Å². The predicted molar refractivity (Wildman–Crippen MR) is 67.5 cm³/mol. The van der Waals surface area contributed by atoms with Crippen LogP contribution in [-0.4, -0.2) is 30.6 Å². The van der Waals surface area contributed by atoms with Crippen molar-refractivity contribution in [3.8, 4) is 0 Å². The molecule has 1 fully saturated rings. The Morgan fingerprint density at radius 2 is 2.28 bits per heavy atom. The molecule has 2 rings (SSSR count). The lowest BCUT2D eigenvalue weighted by molar-refractivity contribution is 0.211. The van der Waals surface area contributed by atoms with Crippen LogP contribution in [0.25, 0.3) is 0 Å². The smallest absolute Gasteiger partial charge is 0.318 e. The van der Waals surface area contributed by atoms with Crippen molar-refractivity contribution in [1.82, 2.24) is 10.2 Å². The summed E-state index contributed by atoms with van der Waals surface area (Å²) in [5.41, 5.74) is 6.08. The third-order valence-electron chi connectivity index (χ3n) is 3.20. The highest BCUT2D eigenvalue weighted by molar-refractivity contribution is 5.77. The Labute approximate surface area is 106 Å². The van der Waals surface area contributed by atoms with Gasteiger partial charge in [-0.2, -0.15) is 0 Å². The first kappa shape index (κ1) is 12.8. The molecular weight excluding hydrogens is 233 g/mol. The number of nitrogens with zero attached hydrogens (tertiary/aromatic N) is 1. The normalized spacial score (nSPS) is 20.9. The maximum Gasteiger partial charge on any atom is 0.318 e. The minimum atomic E-state index is -0.281. The fourth-order valence-electron chi connectivity index (χ4n) is 2.13. The van der Waals surface area contributed by atoms with Crippen molar-refractivity contribution in [2.45, 2.75) is 13.0 Å². The Balaban J connectivity index is 2.07. The second kappa shape index (κ2) is 5.35. The van der Waals surface area contributed by atoms with Crippen LogP contribution in [0.2, 0.25) is 0 Å². The molecule has 1 aliphatic rings. The number of benzene rings is 1. The van der Waals surface area contributed by atoms with Crippen LogP contribution in [0, 0.1) is 11.7 Å². The summed E-state index contributed by atoms with van der Waals surface area (Å²) in [5.74, 6) is -0.0355. The molecule has 1 aromatic rings. The van der Waals surface area contributed by atoms with Crippen molar-refractivity contribution in [1.29, 1.82) is 0 Å². The van der Waals surface area contributed by atoms with Gasteiger partial charge in [0.2, 0.25) is 0 Å². The SMILES string of the molecule is CC(CN)CN1CC(c2ccccc2F)NC1=O. The van der Waals surface area contributed by atoms with Crippen LogP contribution < -0.4 is 11.1 Å².